The van der Waals surface area contributed by atoms with E-state index in [-0.39, 0.29) is 18.4 Å². The standard InChI is InChI=1S/C23H22FN3O2/c1-15-21(16(2)27(25-15)20-9-4-3-5-10-20)22(28)23(29)26(19-11-12-19)14-17-7-6-8-18(24)13-17/h3-10,13,19H,11-12,14H2,1-2H3. The lowest BCUT2D eigenvalue weighted by Gasteiger charge is -2.22. The molecule has 4 rings (SSSR count). The summed E-state index contributed by atoms with van der Waals surface area (Å²) in [6, 6.07) is 15.7. The van der Waals surface area contributed by atoms with E-state index in [2.05, 4.69) is 5.10 Å². The van der Waals surface area contributed by atoms with Gasteiger partial charge in [0.05, 0.1) is 22.6 Å². The number of hydrogen-bond acceptors (Lipinski definition) is 3. The molecule has 3 aromatic rings. The number of ketones is 1. The molecule has 1 heterocycles. The van der Waals surface area contributed by atoms with E-state index in [4.69, 9.17) is 0 Å². The number of nitrogens with zero attached hydrogens (tertiary/aromatic N) is 3. The molecule has 0 N–H and O–H groups in total. The zero-order chi connectivity index (χ0) is 20.5. The van der Waals surface area contributed by atoms with Gasteiger partial charge in [-0.05, 0) is 56.5 Å². The highest BCUT2D eigenvalue weighted by atomic mass is 19.1. The second-order valence-electron chi connectivity index (χ2n) is 7.42. The summed E-state index contributed by atoms with van der Waals surface area (Å²) in [7, 11) is 0. The van der Waals surface area contributed by atoms with Crippen molar-refractivity contribution in [3.63, 3.8) is 0 Å². The van der Waals surface area contributed by atoms with Crippen molar-refractivity contribution in [2.75, 3.05) is 0 Å². The number of carbonyl (C=O) groups excluding carboxylic acids is 2. The molecule has 29 heavy (non-hydrogen) atoms. The van der Waals surface area contributed by atoms with Crippen LogP contribution >= 0.6 is 0 Å². The second-order valence-corrected chi connectivity index (χ2v) is 7.42. The third kappa shape index (κ3) is 3.83. The topological polar surface area (TPSA) is 55.2 Å². The van der Waals surface area contributed by atoms with Crippen molar-refractivity contribution in [2.24, 2.45) is 0 Å². The van der Waals surface area contributed by atoms with Crippen molar-refractivity contribution in [1.82, 2.24) is 14.7 Å². The van der Waals surface area contributed by atoms with Crippen LogP contribution in [0.4, 0.5) is 4.39 Å². The van der Waals surface area contributed by atoms with Crippen LogP contribution in [0.15, 0.2) is 54.6 Å². The molecule has 5 nitrogen and oxygen atoms in total. The maximum absolute atomic E-state index is 13.5. The van der Waals surface area contributed by atoms with Crippen LogP contribution in [0.25, 0.3) is 5.69 Å². The van der Waals surface area contributed by atoms with Gasteiger partial charge >= 0.3 is 0 Å². The average Bonchev–Trinajstić information content (AvgIpc) is 3.51. The van der Waals surface area contributed by atoms with E-state index in [9.17, 15) is 14.0 Å². The summed E-state index contributed by atoms with van der Waals surface area (Å²) in [6.07, 6.45) is 1.71. The van der Waals surface area contributed by atoms with Crippen LogP contribution in [-0.2, 0) is 11.3 Å². The highest BCUT2D eigenvalue weighted by Crippen LogP contribution is 2.30. The average molecular weight is 391 g/mol. The smallest absolute Gasteiger partial charge is 0.295 e. The molecule has 1 aliphatic rings. The summed E-state index contributed by atoms with van der Waals surface area (Å²) >= 11 is 0. The van der Waals surface area contributed by atoms with Crippen molar-refractivity contribution in [3.05, 3.63) is 82.9 Å². The summed E-state index contributed by atoms with van der Waals surface area (Å²) in [5.41, 5.74) is 2.99. The highest BCUT2D eigenvalue weighted by molar-refractivity contribution is 6.43. The molecule has 0 unspecified atom stereocenters. The minimum Gasteiger partial charge on any atom is -0.328 e. The number of amides is 1. The van der Waals surface area contributed by atoms with Crippen LogP contribution in [0.2, 0.25) is 0 Å². The lowest BCUT2D eigenvalue weighted by atomic mass is 10.1. The van der Waals surface area contributed by atoms with Crippen LogP contribution in [0.1, 0.15) is 40.2 Å². The van der Waals surface area contributed by atoms with Gasteiger partial charge in [0.15, 0.2) is 0 Å². The van der Waals surface area contributed by atoms with Gasteiger partial charge in [-0.1, -0.05) is 30.3 Å². The Hall–Kier alpha value is -3.28. The molecular weight excluding hydrogens is 369 g/mol. The first-order valence-electron chi connectivity index (χ1n) is 9.67. The summed E-state index contributed by atoms with van der Waals surface area (Å²) < 4.78 is 15.2. The molecule has 0 spiro atoms. The van der Waals surface area contributed by atoms with E-state index in [1.807, 2.05) is 30.3 Å². The largest absolute Gasteiger partial charge is 0.328 e. The molecular formula is C23H22FN3O2. The second kappa shape index (κ2) is 7.62. The monoisotopic (exact) mass is 391 g/mol. The lowest BCUT2D eigenvalue weighted by molar-refractivity contribution is -0.127. The van der Waals surface area contributed by atoms with E-state index >= 15 is 0 Å². The maximum atomic E-state index is 13.5. The summed E-state index contributed by atoms with van der Waals surface area (Å²) in [5, 5.41) is 4.47. The molecule has 0 atom stereocenters. The predicted molar refractivity (Wildman–Crippen MR) is 107 cm³/mol. The number of aryl methyl sites for hydroxylation is 1. The first kappa shape index (κ1) is 19.1. The van der Waals surface area contributed by atoms with Gasteiger partial charge < -0.3 is 4.90 Å². The van der Waals surface area contributed by atoms with Gasteiger partial charge in [0.25, 0.3) is 11.7 Å². The molecule has 1 aromatic heterocycles. The number of carbonyl (C=O) groups is 2. The highest BCUT2D eigenvalue weighted by Gasteiger charge is 2.37. The molecule has 0 aliphatic heterocycles. The minimum atomic E-state index is -0.564. The Bertz CT molecular complexity index is 1070. The van der Waals surface area contributed by atoms with Gasteiger partial charge in [0.2, 0.25) is 0 Å². The van der Waals surface area contributed by atoms with Crippen LogP contribution in [-0.4, -0.2) is 32.4 Å². The fraction of sp³-hybridized carbons (Fsp3) is 0.261. The van der Waals surface area contributed by atoms with Gasteiger partial charge in [-0.15, -0.1) is 0 Å². The molecule has 6 heteroatoms. The maximum Gasteiger partial charge on any atom is 0.295 e. The van der Waals surface area contributed by atoms with Crippen molar-refractivity contribution in [1.29, 1.82) is 0 Å². The van der Waals surface area contributed by atoms with Crippen LogP contribution in [0.3, 0.4) is 0 Å². The Balaban J connectivity index is 1.63. The van der Waals surface area contributed by atoms with Gasteiger partial charge in [-0.2, -0.15) is 5.10 Å². The first-order valence-corrected chi connectivity index (χ1v) is 9.67. The molecule has 1 amide bonds. The Morgan fingerprint density at radius 2 is 1.83 bits per heavy atom. The third-order valence-electron chi connectivity index (χ3n) is 5.20. The zero-order valence-electron chi connectivity index (χ0n) is 16.4. The minimum absolute atomic E-state index is 0.0273. The Morgan fingerprint density at radius 3 is 2.48 bits per heavy atom. The van der Waals surface area contributed by atoms with E-state index in [0.29, 0.717) is 22.5 Å². The Morgan fingerprint density at radius 1 is 1.10 bits per heavy atom. The fourth-order valence-corrected chi connectivity index (χ4v) is 3.61. The number of benzene rings is 2. The van der Waals surface area contributed by atoms with Gasteiger partial charge in [0.1, 0.15) is 5.82 Å². The zero-order valence-corrected chi connectivity index (χ0v) is 16.4. The SMILES string of the molecule is Cc1nn(-c2ccccc2)c(C)c1C(=O)C(=O)N(Cc1cccc(F)c1)C1CC1. The van der Waals surface area contributed by atoms with E-state index in [0.717, 1.165) is 18.5 Å². The number of halogens is 1. The summed E-state index contributed by atoms with van der Waals surface area (Å²) in [6.45, 7) is 3.75. The number of hydrogen-bond donors (Lipinski definition) is 0. The number of Topliss-reactive ketones (excluding diaryl/α,β-unsaturated/α-hetero) is 1. The Labute approximate surface area is 168 Å². The first-order chi connectivity index (χ1) is 14.0. The summed E-state index contributed by atoms with van der Waals surface area (Å²) in [5.74, 6) is -1.48. The molecule has 1 fully saturated rings. The molecule has 2 aromatic carbocycles. The van der Waals surface area contributed by atoms with Gasteiger partial charge in [0, 0.05) is 12.6 Å². The van der Waals surface area contributed by atoms with E-state index in [1.165, 1.54) is 12.1 Å². The van der Waals surface area contributed by atoms with Gasteiger partial charge in [-0.3, -0.25) is 9.59 Å². The number of para-hydroxylation sites is 1. The third-order valence-corrected chi connectivity index (χ3v) is 5.20. The number of aromatic nitrogens is 2. The Kier molecular flexibility index (Phi) is 5.01. The summed E-state index contributed by atoms with van der Waals surface area (Å²) in [4.78, 5) is 27.8. The number of rotatable bonds is 6. The van der Waals surface area contributed by atoms with Crippen molar-refractivity contribution in [3.8, 4) is 5.69 Å². The van der Waals surface area contributed by atoms with E-state index < -0.39 is 11.7 Å². The molecule has 0 bridgehead atoms. The lowest BCUT2D eigenvalue weighted by Crippen LogP contribution is -2.38. The van der Waals surface area contributed by atoms with Crippen molar-refractivity contribution >= 4 is 11.7 Å². The molecule has 0 radical (unpaired) electrons. The normalized spacial score (nSPS) is 13.3. The van der Waals surface area contributed by atoms with Crippen LogP contribution in [0.5, 0.6) is 0 Å². The van der Waals surface area contributed by atoms with Crippen molar-refractivity contribution < 1.29 is 14.0 Å². The van der Waals surface area contributed by atoms with Crippen LogP contribution < -0.4 is 0 Å². The predicted octanol–water partition coefficient (Wildman–Crippen LogP) is 4.00. The molecule has 0 saturated heterocycles. The van der Waals surface area contributed by atoms with Crippen LogP contribution in [0, 0.1) is 19.7 Å². The molecule has 1 aliphatic carbocycles. The van der Waals surface area contributed by atoms with Crippen molar-refractivity contribution in [2.45, 2.75) is 39.3 Å². The molecule has 1 saturated carbocycles. The quantitative estimate of drug-likeness (QED) is 0.471. The fourth-order valence-electron chi connectivity index (χ4n) is 3.61. The van der Waals surface area contributed by atoms with Gasteiger partial charge in [-0.25, -0.2) is 9.07 Å². The molecule has 148 valence electrons. The van der Waals surface area contributed by atoms with E-state index in [1.54, 1.807) is 35.6 Å².